The van der Waals surface area contributed by atoms with Crippen molar-refractivity contribution in [1.29, 1.82) is 0 Å². The average molecular weight is 427 g/mol. The van der Waals surface area contributed by atoms with E-state index in [0.717, 1.165) is 11.1 Å². The largest absolute Gasteiger partial charge is 0.493 e. The first-order valence-electron chi connectivity index (χ1n) is 10.6. The van der Waals surface area contributed by atoms with E-state index in [9.17, 15) is 14.7 Å². The topological polar surface area (TPSA) is 87.0 Å². The first kappa shape index (κ1) is 21.4. The van der Waals surface area contributed by atoms with Gasteiger partial charge in [-0.1, -0.05) is 13.8 Å². The fourth-order valence-corrected chi connectivity index (χ4v) is 4.39. The molecule has 166 valence electrons. The molecule has 2 heterocycles. The number of methoxy groups -OCH3 is 2. The van der Waals surface area contributed by atoms with Crippen molar-refractivity contribution in [3.8, 4) is 22.8 Å². The van der Waals surface area contributed by atoms with Crippen molar-refractivity contribution >= 4 is 5.97 Å². The van der Waals surface area contributed by atoms with Crippen LogP contribution in [-0.2, 0) is 11.2 Å². The Morgan fingerprint density at radius 2 is 1.94 bits per heavy atom. The zero-order valence-corrected chi connectivity index (χ0v) is 18.4. The second-order valence-electron chi connectivity index (χ2n) is 9.21. The number of aromatic carboxylic acids is 1. The number of ether oxygens (including phenoxy) is 3. The predicted octanol–water partition coefficient (Wildman–Crippen LogP) is 3.78. The van der Waals surface area contributed by atoms with Gasteiger partial charge < -0.3 is 23.9 Å². The van der Waals surface area contributed by atoms with Crippen LogP contribution in [0.2, 0.25) is 0 Å². The molecule has 31 heavy (non-hydrogen) atoms. The van der Waals surface area contributed by atoms with Gasteiger partial charge in [0.1, 0.15) is 5.56 Å². The number of nitrogens with zero attached hydrogens (tertiary/aromatic N) is 1. The maximum absolute atomic E-state index is 12.6. The van der Waals surface area contributed by atoms with Gasteiger partial charge in [-0.2, -0.15) is 0 Å². The number of hydrogen-bond acceptors (Lipinski definition) is 5. The van der Waals surface area contributed by atoms with Gasteiger partial charge in [0.05, 0.1) is 26.0 Å². The summed E-state index contributed by atoms with van der Waals surface area (Å²) < 4.78 is 19.0. The third kappa shape index (κ3) is 4.06. The number of pyridine rings is 1. The molecule has 4 rings (SSSR count). The molecule has 7 heteroatoms. The van der Waals surface area contributed by atoms with Gasteiger partial charge in [0.2, 0.25) is 0 Å². The third-order valence-electron chi connectivity index (χ3n) is 6.31. The van der Waals surface area contributed by atoms with Crippen molar-refractivity contribution in [3.05, 3.63) is 45.7 Å². The van der Waals surface area contributed by atoms with Crippen molar-refractivity contribution < 1.29 is 24.1 Å². The van der Waals surface area contributed by atoms with Crippen LogP contribution < -0.4 is 14.9 Å². The number of carbonyl (C=O) groups is 1. The van der Waals surface area contributed by atoms with Gasteiger partial charge in [-0.3, -0.25) is 4.79 Å². The van der Waals surface area contributed by atoms with E-state index < -0.39 is 11.4 Å². The van der Waals surface area contributed by atoms with Gasteiger partial charge in [0, 0.05) is 36.4 Å². The lowest BCUT2D eigenvalue weighted by molar-refractivity contribution is 0.0615. The Labute approximate surface area is 181 Å². The number of rotatable bonds is 8. The number of benzene rings is 1. The molecule has 1 saturated carbocycles. The Morgan fingerprint density at radius 3 is 2.55 bits per heavy atom. The number of fused-ring (bicyclic) bond motifs is 3. The third-order valence-corrected chi connectivity index (χ3v) is 6.31. The Hall–Kier alpha value is -2.80. The van der Waals surface area contributed by atoms with Crippen molar-refractivity contribution in [3.63, 3.8) is 0 Å². The fourth-order valence-electron chi connectivity index (χ4n) is 4.39. The molecule has 1 aliphatic carbocycles. The molecule has 0 bridgehead atoms. The maximum Gasteiger partial charge on any atom is 0.341 e. The van der Waals surface area contributed by atoms with E-state index in [1.807, 2.05) is 16.7 Å². The summed E-state index contributed by atoms with van der Waals surface area (Å²) in [6.45, 7) is 5.33. The van der Waals surface area contributed by atoms with Crippen molar-refractivity contribution in [1.82, 2.24) is 4.57 Å². The summed E-state index contributed by atoms with van der Waals surface area (Å²) in [5, 5.41) is 9.51. The number of carboxylic acids is 1. The lowest BCUT2D eigenvalue weighted by Crippen LogP contribution is -2.37. The van der Waals surface area contributed by atoms with Crippen LogP contribution in [0.25, 0.3) is 11.3 Å². The highest BCUT2D eigenvalue weighted by Gasteiger charge is 2.37. The van der Waals surface area contributed by atoms with Gasteiger partial charge in [0.25, 0.3) is 0 Å². The molecule has 1 aromatic heterocycles. The number of aromatic nitrogens is 1. The monoisotopic (exact) mass is 427 g/mol. The van der Waals surface area contributed by atoms with Gasteiger partial charge >= 0.3 is 5.97 Å². The van der Waals surface area contributed by atoms with Crippen molar-refractivity contribution in [2.24, 2.45) is 11.3 Å². The Balaban J connectivity index is 1.87. The first-order chi connectivity index (χ1) is 14.7. The van der Waals surface area contributed by atoms with Crippen LogP contribution in [0, 0.1) is 11.3 Å². The minimum atomic E-state index is -1.23. The van der Waals surface area contributed by atoms with Crippen LogP contribution in [0.3, 0.4) is 0 Å². The summed E-state index contributed by atoms with van der Waals surface area (Å²) in [6.07, 6.45) is 4.52. The highest BCUT2D eigenvalue weighted by Crippen LogP contribution is 2.46. The van der Waals surface area contributed by atoms with E-state index in [0.29, 0.717) is 42.7 Å². The summed E-state index contributed by atoms with van der Waals surface area (Å²) in [5.74, 6) is 0.698. The molecule has 0 spiro atoms. The van der Waals surface area contributed by atoms with Gasteiger partial charge in [0.15, 0.2) is 16.9 Å². The van der Waals surface area contributed by atoms with E-state index in [2.05, 4.69) is 13.8 Å². The zero-order chi connectivity index (χ0) is 22.3. The van der Waals surface area contributed by atoms with Crippen LogP contribution in [0.1, 0.15) is 48.7 Å². The molecule has 2 aliphatic rings. The second kappa shape index (κ2) is 8.04. The van der Waals surface area contributed by atoms with Crippen molar-refractivity contribution in [2.75, 3.05) is 27.4 Å². The Morgan fingerprint density at radius 1 is 1.19 bits per heavy atom. The van der Waals surface area contributed by atoms with Crippen LogP contribution in [0.5, 0.6) is 11.5 Å². The molecular weight excluding hydrogens is 398 g/mol. The molecular formula is C24H29NO6. The quantitative estimate of drug-likeness (QED) is 0.690. The molecule has 0 amide bonds. The average Bonchev–Trinajstić information content (AvgIpc) is 3.54. The summed E-state index contributed by atoms with van der Waals surface area (Å²) in [6, 6.07) is 5.22. The SMILES string of the molecule is COCC(C)(C)C1Cc2cc(OCC3CC3)c(OC)cc2-c2cc(=O)c(C(=O)O)cn21. The molecule has 1 aromatic carbocycles. The fraction of sp³-hybridized carbons (Fsp3) is 0.500. The first-order valence-corrected chi connectivity index (χ1v) is 10.6. The van der Waals surface area contributed by atoms with E-state index in [-0.39, 0.29) is 17.0 Å². The number of hydrogen-bond donors (Lipinski definition) is 1. The standard InChI is InChI=1S/C24H29NO6/c1-24(2,13-29-3)22-8-15-7-21(31-12-14-5-6-14)20(30-4)9-16(15)18-10-19(26)17(23(27)28)11-25(18)22/h7,9-11,14,22H,5-6,8,12-13H2,1-4H3,(H,27,28). The highest BCUT2D eigenvalue weighted by atomic mass is 16.5. The zero-order valence-electron chi connectivity index (χ0n) is 18.4. The molecule has 2 aromatic rings. The Bertz CT molecular complexity index is 1070. The molecule has 1 N–H and O–H groups in total. The Kier molecular flexibility index (Phi) is 5.56. The molecule has 7 nitrogen and oxygen atoms in total. The van der Waals surface area contributed by atoms with E-state index in [1.54, 1.807) is 14.2 Å². The van der Waals surface area contributed by atoms with Crippen LogP contribution in [0.15, 0.2) is 29.2 Å². The highest BCUT2D eigenvalue weighted by molar-refractivity contribution is 5.88. The molecule has 1 unspecified atom stereocenters. The smallest absolute Gasteiger partial charge is 0.341 e. The second-order valence-corrected chi connectivity index (χ2v) is 9.21. The van der Waals surface area contributed by atoms with E-state index in [4.69, 9.17) is 14.2 Å². The normalized spacial score (nSPS) is 17.6. The lowest BCUT2D eigenvalue weighted by atomic mass is 9.77. The minimum Gasteiger partial charge on any atom is -0.493 e. The van der Waals surface area contributed by atoms with Crippen LogP contribution in [-0.4, -0.2) is 43.1 Å². The summed E-state index contributed by atoms with van der Waals surface area (Å²) in [4.78, 5) is 24.2. The van der Waals surface area contributed by atoms with Crippen LogP contribution >= 0.6 is 0 Å². The molecule has 0 radical (unpaired) electrons. The predicted molar refractivity (Wildman–Crippen MR) is 116 cm³/mol. The van der Waals surface area contributed by atoms with Gasteiger partial charge in [-0.05, 0) is 42.9 Å². The molecule has 0 saturated heterocycles. The van der Waals surface area contributed by atoms with E-state index in [1.165, 1.54) is 25.1 Å². The van der Waals surface area contributed by atoms with Crippen molar-refractivity contribution in [2.45, 2.75) is 39.2 Å². The summed E-state index contributed by atoms with van der Waals surface area (Å²) in [7, 11) is 3.25. The molecule has 1 aliphatic heterocycles. The summed E-state index contributed by atoms with van der Waals surface area (Å²) in [5.41, 5.74) is 1.53. The molecule has 1 atom stereocenters. The van der Waals surface area contributed by atoms with Crippen LogP contribution in [0.4, 0.5) is 0 Å². The minimum absolute atomic E-state index is 0.0988. The maximum atomic E-state index is 12.6. The van der Waals surface area contributed by atoms with Gasteiger partial charge in [-0.25, -0.2) is 4.79 Å². The summed E-state index contributed by atoms with van der Waals surface area (Å²) >= 11 is 0. The lowest BCUT2D eigenvalue weighted by Gasteiger charge is -2.40. The van der Waals surface area contributed by atoms with Gasteiger partial charge in [-0.15, -0.1) is 0 Å². The van der Waals surface area contributed by atoms with E-state index >= 15 is 0 Å². The number of carboxylic acid groups (broad SMARTS) is 1. The molecule has 1 fully saturated rings.